The highest BCUT2D eigenvalue weighted by Crippen LogP contribution is 2.17. The minimum Gasteiger partial charge on any atom is -0.491 e. The predicted octanol–water partition coefficient (Wildman–Crippen LogP) is 3.71. The second kappa shape index (κ2) is 9.67. The van der Waals surface area contributed by atoms with Crippen LogP contribution in [0.25, 0.3) is 0 Å². The zero-order chi connectivity index (χ0) is 19.8. The monoisotopic (exact) mass is 395 g/mol. The summed E-state index contributed by atoms with van der Waals surface area (Å²) in [6.45, 7) is 0.947. The van der Waals surface area contributed by atoms with E-state index in [-0.39, 0.29) is 22.9 Å². The van der Waals surface area contributed by atoms with Gasteiger partial charge in [0.05, 0.1) is 6.10 Å². The molecular formula is C18H19F2N3O3S. The van der Waals surface area contributed by atoms with Gasteiger partial charge in [-0.2, -0.15) is 8.78 Å². The van der Waals surface area contributed by atoms with E-state index >= 15 is 0 Å². The second-order valence-corrected chi connectivity index (χ2v) is 6.04. The number of benzene rings is 2. The first-order valence-corrected chi connectivity index (χ1v) is 8.43. The molecule has 1 amide bonds. The van der Waals surface area contributed by atoms with Crippen molar-refractivity contribution >= 4 is 28.9 Å². The normalized spacial score (nSPS) is 10.4. The lowest BCUT2D eigenvalue weighted by Gasteiger charge is -2.13. The van der Waals surface area contributed by atoms with E-state index in [4.69, 9.17) is 17.0 Å². The summed E-state index contributed by atoms with van der Waals surface area (Å²) >= 11 is 5.07. The molecule has 0 unspecified atom stereocenters. The quantitative estimate of drug-likeness (QED) is 0.512. The third kappa shape index (κ3) is 7.06. The molecule has 0 aliphatic carbocycles. The van der Waals surface area contributed by atoms with Crippen molar-refractivity contribution in [3.05, 3.63) is 54.1 Å². The maximum absolute atomic E-state index is 12.1. The molecule has 0 saturated heterocycles. The smallest absolute Gasteiger partial charge is 0.387 e. The Kier molecular flexibility index (Phi) is 7.30. The van der Waals surface area contributed by atoms with Crippen molar-refractivity contribution in [3.63, 3.8) is 0 Å². The van der Waals surface area contributed by atoms with Gasteiger partial charge in [0.25, 0.3) is 5.91 Å². The molecule has 0 aliphatic rings. The van der Waals surface area contributed by atoms with Crippen LogP contribution >= 0.6 is 12.2 Å². The molecule has 2 aromatic carbocycles. The van der Waals surface area contributed by atoms with Crippen molar-refractivity contribution in [3.8, 4) is 11.5 Å². The van der Waals surface area contributed by atoms with E-state index in [0.29, 0.717) is 17.0 Å². The molecule has 3 N–H and O–H groups in total. The molecule has 144 valence electrons. The van der Waals surface area contributed by atoms with Crippen LogP contribution in [0, 0.1) is 0 Å². The number of hydrogen-bond donors (Lipinski definition) is 3. The zero-order valence-corrected chi connectivity index (χ0v) is 15.5. The maximum atomic E-state index is 12.1. The number of alkyl halides is 2. The van der Waals surface area contributed by atoms with E-state index in [2.05, 4.69) is 20.9 Å². The van der Waals surface area contributed by atoms with Crippen LogP contribution in [-0.4, -0.2) is 23.7 Å². The van der Waals surface area contributed by atoms with Gasteiger partial charge in [0, 0.05) is 11.3 Å². The van der Waals surface area contributed by atoms with Crippen LogP contribution in [-0.2, 0) is 0 Å². The number of rotatable bonds is 6. The van der Waals surface area contributed by atoms with E-state index in [0.717, 1.165) is 0 Å². The minimum atomic E-state index is -2.88. The molecule has 0 bridgehead atoms. The number of hydrogen-bond acceptors (Lipinski definition) is 4. The molecule has 0 spiro atoms. The van der Waals surface area contributed by atoms with Crippen LogP contribution < -0.4 is 25.6 Å². The number of halogens is 2. The average molecular weight is 395 g/mol. The maximum Gasteiger partial charge on any atom is 0.387 e. The number of carbonyl (C=O) groups is 1. The molecule has 0 radical (unpaired) electrons. The van der Waals surface area contributed by atoms with Gasteiger partial charge in [-0.15, -0.1) is 0 Å². The summed E-state index contributed by atoms with van der Waals surface area (Å²) in [5.41, 5.74) is 5.99. The van der Waals surface area contributed by atoms with E-state index in [9.17, 15) is 13.6 Å². The summed E-state index contributed by atoms with van der Waals surface area (Å²) in [6, 6.07) is 12.4. The van der Waals surface area contributed by atoms with Crippen LogP contribution in [0.1, 0.15) is 24.2 Å². The molecule has 0 aliphatic heterocycles. The summed E-state index contributed by atoms with van der Waals surface area (Å²) in [5, 5.41) is 2.93. The third-order valence-corrected chi connectivity index (χ3v) is 3.32. The number of amides is 1. The molecule has 6 nitrogen and oxygen atoms in total. The molecule has 0 saturated carbocycles. The Labute approximate surface area is 160 Å². The van der Waals surface area contributed by atoms with Crippen LogP contribution in [0.3, 0.4) is 0 Å². The fourth-order valence-corrected chi connectivity index (χ4v) is 2.19. The van der Waals surface area contributed by atoms with Crippen molar-refractivity contribution in [1.29, 1.82) is 0 Å². The Morgan fingerprint density at radius 1 is 0.926 bits per heavy atom. The highest BCUT2D eigenvalue weighted by molar-refractivity contribution is 7.80. The van der Waals surface area contributed by atoms with Gasteiger partial charge >= 0.3 is 6.61 Å². The molecule has 27 heavy (non-hydrogen) atoms. The Morgan fingerprint density at radius 3 is 2.04 bits per heavy atom. The van der Waals surface area contributed by atoms with E-state index in [1.807, 2.05) is 13.8 Å². The van der Waals surface area contributed by atoms with Gasteiger partial charge in [0.15, 0.2) is 5.11 Å². The van der Waals surface area contributed by atoms with Gasteiger partial charge in [0.1, 0.15) is 11.5 Å². The molecule has 2 aromatic rings. The number of hydrazine groups is 1. The topological polar surface area (TPSA) is 71.6 Å². The average Bonchev–Trinajstić information content (AvgIpc) is 2.61. The first-order chi connectivity index (χ1) is 12.8. The third-order valence-electron chi connectivity index (χ3n) is 3.12. The molecule has 0 atom stereocenters. The number of ether oxygens (including phenoxy) is 2. The first-order valence-electron chi connectivity index (χ1n) is 8.02. The largest absolute Gasteiger partial charge is 0.491 e. The summed E-state index contributed by atoms with van der Waals surface area (Å²) < 4.78 is 34.0. The molecule has 2 rings (SSSR count). The summed E-state index contributed by atoms with van der Waals surface area (Å²) in [6.07, 6.45) is 0.0470. The Balaban J connectivity index is 1.81. The highest BCUT2D eigenvalue weighted by atomic mass is 32.1. The molecular weight excluding hydrogens is 376 g/mol. The minimum absolute atomic E-state index is 0.0348. The van der Waals surface area contributed by atoms with Crippen molar-refractivity contribution in [2.75, 3.05) is 5.32 Å². The number of carbonyl (C=O) groups excluding carboxylic acids is 1. The fraction of sp³-hybridized carbons (Fsp3) is 0.222. The standard InChI is InChI=1S/C18H19F2N3O3S/c1-11(2)25-14-7-3-12(4-8-14)16(24)22-23-18(27)21-13-5-9-15(10-6-13)26-17(19)20/h3-11,17H,1-2H3,(H,22,24)(H2,21,23,27). The van der Waals surface area contributed by atoms with Crippen molar-refractivity contribution < 1.29 is 23.0 Å². The highest BCUT2D eigenvalue weighted by Gasteiger charge is 2.07. The van der Waals surface area contributed by atoms with Gasteiger partial charge in [-0.25, -0.2) is 0 Å². The molecule has 0 fully saturated rings. The summed E-state index contributed by atoms with van der Waals surface area (Å²) in [7, 11) is 0. The van der Waals surface area contributed by atoms with Crippen molar-refractivity contribution in [2.45, 2.75) is 26.6 Å². The summed E-state index contributed by atoms with van der Waals surface area (Å²) in [4.78, 5) is 12.1. The molecule has 9 heteroatoms. The predicted molar refractivity (Wildman–Crippen MR) is 102 cm³/mol. The number of thiocarbonyl (C=S) groups is 1. The van der Waals surface area contributed by atoms with Crippen LogP contribution in [0.2, 0.25) is 0 Å². The lowest BCUT2D eigenvalue weighted by molar-refractivity contribution is -0.0498. The lowest BCUT2D eigenvalue weighted by atomic mass is 10.2. The van der Waals surface area contributed by atoms with Gasteiger partial charge in [-0.1, -0.05) is 0 Å². The Morgan fingerprint density at radius 2 is 1.48 bits per heavy atom. The van der Waals surface area contributed by atoms with E-state index < -0.39 is 6.61 Å². The Bertz CT molecular complexity index is 768. The summed E-state index contributed by atoms with van der Waals surface area (Å²) in [5.74, 6) is 0.328. The molecule has 0 aromatic heterocycles. The number of anilines is 1. The van der Waals surface area contributed by atoms with Crippen LogP contribution in [0.15, 0.2) is 48.5 Å². The van der Waals surface area contributed by atoms with Crippen molar-refractivity contribution in [1.82, 2.24) is 10.9 Å². The van der Waals surface area contributed by atoms with Crippen LogP contribution in [0.5, 0.6) is 11.5 Å². The second-order valence-electron chi connectivity index (χ2n) is 5.63. The van der Waals surface area contributed by atoms with E-state index in [1.165, 1.54) is 24.3 Å². The Hall–Kier alpha value is -2.94. The number of nitrogens with one attached hydrogen (secondary N) is 3. The zero-order valence-electron chi connectivity index (χ0n) is 14.7. The van der Waals surface area contributed by atoms with Gasteiger partial charge in [0.2, 0.25) is 0 Å². The SMILES string of the molecule is CC(C)Oc1ccc(C(=O)NNC(=S)Nc2ccc(OC(F)F)cc2)cc1. The molecule has 0 heterocycles. The van der Waals surface area contributed by atoms with E-state index in [1.54, 1.807) is 24.3 Å². The van der Waals surface area contributed by atoms with Gasteiger partial charge in [-0.05, 0) is 74.6 Å². The van der Waals surface area contributed by atoms with Gasteiger partial charge < -0.3 is 14.8 Å². The fourth-order valence-electron chi connectivity index (χ4n) is 2.02. The van der Waals surface area contributed by atoms with Crippen molar-refractivity contribution in [2.24, 2.45) is 0 Å². The lowest BCUT2D eigenvalue weighted by Crippen LogP contribution is -2.43. The van der Waals surface area contributed by atoms with Crippen LogP contribution in [0.4, 0.5) is 14.5 Å². The van der Waals surface area contributed by atoms with Gasteiger partial charge in [-0.3, -0.25) is 15.6 Å². The first kappa shape index (κ1) is 20.4.